The van der Waals surface area contributed by atoms with Crippen LogP contribution >= 0.6 is 0 Å². The lowest BCUT2D eigenvalue weighted by atomic mass is 10.1. The fourth-order valence-corrected chi connectivity index (χ4v) is 3.57. The largest absolute Gasteiger partial charge is 0.322 e. The molecule has 0 unspecified atom stereocenters. The van der Waals surface area contributed by atoms with E-state index in [0.29, 0.717) is 16.8 Å². The van der Waals surface area contributed by atoms with E-state index in [4.69, 9.17) is 0 Å². The van der Waals surface area contributed by atoms with Gasteiger partial charge in [0.15, 0.2) is 5.78 Å². The zero-order chi connectivity index (χ0) is 21.0. The SMILES string of the molecule is CC(=O)c1ccc(NC(=O)c2ccc(NS(=O)(=O)c3ccc(F)cc3)cc2)cc1. The summed E-state index contributed by atoms with van der Waals surface area (Å²) in [4.78, 5) is 23.5. The highest BCUT2D eigenvalue weighted by atomic mass is 32.2. The monoisotopic (exact) mass is 412 g/mol. The van der Waals surface area contributed by atoms with E-state index in [1.54, 1.807) is 24.3 Å². The van der Waals surface area contributed by atoms with Crippen molar-refractivity contribution in [2.75, 3.05) is 10.0 Å². The van der Waals surface area contributed by atoms with Gasteiger partial charge in [0.1, 0.15) is 5.82 Å². The summed E-state index contributed by atoms with van der Waals surface area (Å²) in [7, 11) is -3.87. The molecule has 3 rings (SSSR count). The van der Waals surface area contributed by atoms with Crippen molar-refractivity contribution in [3.63, 3.8) is 0 Å². The summed E-state index contributed by atoms with van der Waals surface area (Å²) in [5, 5.41) is 2.70. The summed E-state index contributed by atoms with van der Waals surface area (Å²) in [5.41, 5.74) is 1.66. The number of hydrogen-bond acceptors (Lipinski definition) is 4. The van der Waals surface area contributed by atoms with Gasteiger partial charge in [-0.05, 0) is 79.7 Å². The van der Waals surface area contributed by atoms with Crippen LogP contribution in [0.25, 0.3) is 0 Å². The number of carbonyl (C=O) groups is 2. The Morgan fingerprint density at radius 1 is 0.759 bits per heavy atom. The minimum absolute atomic E-state index is 0.0680. The molecule has 0 heterocycles. The molecule has 6 nitrogen and oxygen atoms in total. The van der Waals surface area contributed by atoms with Crippen LogP contribution in [0, 0.1) is 5.82 Å². The van der Waals surface area contributed by atoms with E-state index in [1.165, 1.54) is 31.2 Å². The predicted molar refractivity (Wildman–Crippen MR) is 108 cm³/mol. The molecule has 0 bridgehead atoms. The van der Waals surface area contributed by atoms with Crippen molar-refractivity contribution < 1.29 is 22.4 Å². The van der Waals surface area contributed by atoms with Crippen molar-refractivity contribution in [3.05, 3.63) is 89.7 Å². The van der Waals surface area contributed by atoms with Crippen molar-refractivity contribution >= 4 is 33.1 Å². The zero-order valence-corrected chi connectivity index (χ0v) is 16.2. The van der Waals surface area contributed by atoms with Crippen molar-refractivity contribution in [1.29, 1.82) is 0 Å². The van der Waals surface area contributed by atoms with E-state index in [9.17, 15) is 22.4 Å². The van der Waals surface area contributed by atoms with Crippen LogP contribution in [0.2, 0.25) is 0 Å². The van der Waals surface area contributed by atoms with Crippen LogP contribution < -0.4 is 10.0 Å². The molecule has 0 saturated carbocycles. The number of amides is 1. The molecular formula is C21H17FN2O4S. The van der Waals surface area contributed by atoms with E-state index in [2.05, 4.69) is 10.0 Å². The topological polar surface area (TPSA) is 92.3 Å². The molecule has 148 valence electrons. The third-order valence-electron chi connectivity index (χ3n) is 4.07. The molecule has 8 heteroatoms. The summed E-state index contributed by atoms with van der Waals surface area (Å²) < 4.78 is 40.0. The fraction of sp³-hybridized carbons (Fsp3) is 0.0476. The number of carbonyl (C=O) groups excluding carboxylic acids is 2. The summed E-state index contributed by atoms with van der Waals surface area (Å²) in [6.45, 7) is 1.46. The Bertz CT molecular complexity index is 1140. The van der Waals surface area contributed by atoms with Gasteiger partial charge in [-0.25, -0.2) is 12.8 Å². The Hall–Kier alpha value is -3.52. The Kier molecular flexibility index (Phi) is 5.74. The summed E-state index contributed by atoms with van der Waals surface area (Å²) in [6, 6.07) is 16.8. The molecule has 29 heavy (non-hydrogen) atoms. The first-order valence-corrected chi connectivity index (χ1v) is 10.0. The number of Topliss-reactive ketones (excluding diaryl/α,β-unsaturated/α-hetero) is 1. The number of hydrogen-bond donors (Lipinski definition) is 2. The van der Waals surface area contributed by atoms with Gasteiger partial charge >= 0.3 is 0 Å². The first-order valence-electron chi connectivity index (χ1n) is 8.55. The second kappa shape index (κ2) is 8.24. The minimum atomic E-state index is -3.87. The van der Waals surface area contributed by atoms with E-state index in [0.717, 1.165) is 24.3 Å². The highest BCUT2D eigenvalue weighted by Gasteiger charge is 2.14. The molecule has 0 spiro atoms. The second-order valence-corrected chi connectivity index (χ2v) is 7.91. The third kappa shape index (κ3) is 5.05. The maximum absolute atomic E-state index is 13.0. The van der Waals surface area contributed by atoms with Gasteiger partial charge < -0.3 is 5.32 Å². The molecule has 0 aliphatic rings. The Morgan fingerprint density at radius 2 is 1.28 bits per heavy atom. The highest BCUT2D eigenvalue weighted by molar-refractivity contribution is 7.92. The van der Waals surface area contributed by atoms with Crippen LogP contribution in [-0.4, -0.2) is 20.1 Å². The van der Waals surface area contributed by atoms with Gasteiger partial charge in [0, 0.05) is 22.5 Å². The number of benzene rings is 3. The van der Waals surface area contributed by atoms with Crippen LogP contribution in [0.15, 0.2) is 77.7 Å². The number of halogens is 1. The molecule has 0 aromatic heterocycles. The maximum atomic E-state index is 13.0. The summed E-state index contributed by atoms with van der Waals surface area (Å²) in [5.74, 6) is -0.981. The lowest BCUT2D eigenvalue weighted by Gasteiger charge is -2.09. The Morgan fingerprint density at radius 3 is 1.83 bits per heavy atom. The van der Waals surface area contributed by atoms with Crippen LogP contribution in [-0.2, 0) is 10.0 Å². The number of nitrogens with one attached hydrogen (secondary N) is 2. The van der Waals surface area contributed by atoms with Crippen LogP contribution in [0.3, 0.4) is 0 Å². The Labute approximate surface area is 167 Å². The van der Waals surface area contributed by atoms with E-state index >= 15 is 0 Å². The van der Waals surface area contributed by atoms with Crippen LogP contribution in [0.1, 0.15) is 27.6 Å². The lowest BCUT2D eigenvalue weighted by molar-refractivity contribution is 0.101. The van der Waals surface area contributed by atoms with Crippen LogP contribution in [0.4, 0.5) is 15.8 Å². The molecule has 0 fully saturated rings. The number of sulfonamides is 1. The zero-order valence-electron chi connectivity index (χ0n) is 15.3. The van der Waals surface area contributed by atoms with Gasteiger partial charge in [0.05, 0.1) is 4.90 Å². The lowest BCUT2D eigenvalue weighted by Crippen LogP contribution is -2.14. The standard InChI is InChI=1S/C21H17FN2O4S/c1-14(25)15-2-8-18(9-3-15)23-21(26)16-4-10-19(11-5-16)24-29(27,28)20-12-6-17(22)7-13-20/h2-13,24H,1H3,(H,23,26). The van der Waals surface area contributed by atoms with Crippen molar-refractivity contribution in [1.82, 2.24) is 0 Å². The first-order chi connectivity index (χ1) is 13.7. The van der Waals surface area contributed by atoms with Gasteiger partial charge in [-0.15, -0.1) is 0 Å². The molecule has 1 amide bonds. The molecule has 0 aliphatic heterocycles. The number of rotatable bonds is 6. The van der Waals surface area contributed by atoms with Crippen molar-refractivity contribution in [2.45, 2.75) is 11.8 Å². The first kappa shape index (κ1) is 20.2. The average molecular weight is 412 g/mol. The minimum Gasteiger partial charge on any atom is -0.322 e. The molecular weight excluding hydrogens is 395 g/mol. The van der Waals surface area contributed by atoms with E-state index in [-0.39, 0.29) is 22.3 Å². The maximum Gasteiger partial charge on any atom is 0.261 e. The average Bonchev–Trinajstić information content (AvgIpc) is 2.69. The number of anilines is 2. The third-order valence-corrected chi connectivity index (χ3v) is 5.47. The highest BCUT2D eigenvalue weighted by Crippen LogP contribution is 2.18. The summed E-state index contributed by atoms with van der Waals surface area (Å²) >= 11 is 0. The van der Waals surface area contributed by atoms with E-state index < -0.39 is 15.8 Å². The van der Waals surface area contributed by atoms with Crippen molar-refractivity contribution in [2.24, 2.45) is 0 Å². The van der Waals surface area contributed by atoms with Gasteiger partial charge in [-0.1, -0.05) is 0 Å². The molecule has 0 saturated heterocycles. The molecule has 3 aromatic carbocycles. The van der Waals surface area contributed by atoms with Gasteiger partial charge in [0.25, 0.3) is 15.9 Å². The molecule has 0 radical (unpaired) electrons. The fourth-order valence-electron chi connectivity index (χ4n) is 2.51. The second-order valence-electron chi connectivity index (χ2n) is 6.22. The van der Waals surface area contributed by atoms with E-state index in [1.807, 2.05) is 0 Å². The molecule has 0 aliphatic carbocycles. The molecule has 0 atom stereocenters. The van der Waals surface area contributed by atoms with Crippen molar-refractivity contribution in [3.8, 4) is 0 Å². The van der Waals surface area contributed by atoms with Gasteiger partial charge in [-0.2, -0.15) is 0 Å². The predicted octanol–water partition coefficient (Wildman–Crippen LogP) is 4.08. The van der Waals surface area contributed by atoms with Crippen LogP contribution in [0.5, 0.6) is 0 Å². The smallest absolute Gasteiger partial charge is 0.261 e. The Balaban J connectivity index is 1.68. The van der Waals surface area contributed by atoms with Gasteiger partial charge in [-0.3, -0.25) is 14.3 Å². The summed E-state index contributed by atoms with van der Waals surface area (Å²) in [6.07, 6.45) is 0. The molecule has 3 aromatic rings. The number of ketones is 1. The quantitative estimate of drug-likeness (QED) is 0.597. The molecule has 2 N–H and O–H groups in total. The van der Waals surface area contributed by atoms with Gasteiger partial charge in [0.2, 0.25) is 0 Å². The normalized spacial score (nSPS) is 11.0.